The van der Waals surface area contributed by atoms with Crippen LogP contribution in [0.2, 0.25) is 0 Å². The first kappa shape index (κ1) is 15.6. The molecule has 0 unspecified atom stereocenters. The van der Waals surface area contributed by atoms with Gasteiger partial charge >= 0.3 is 0 Å². The first-order valence-corrected chi connectivity index (χ1v) is 8.47. The molecule has 0 bridgehead atoms. The lowest BCUT2D eigenvalue weighted by Gasteiger charge is -2.17. The van der Waals surface area contributed by atoms with Gasteiger partial charge in [-0.2, -0.15) is 4.98 Å². The highest BCUT2D eigenvalue weighted by Crippen LogP contribution is 2.32. The molecule has 25 heavy (non-hydrogen) atoms. The molecule has 0 aliphatic carbocycles. The summed E-state index contributed by atoms with van der Waals surface area (Å²) in [6.45, 7) is 1.51. The summed E-state index contributed by atoms with van der Waals surface area (Å²) in [6.07, 6.45) is 3.37. The summed E-state index contributed by atoms with van der Waals surface area (Å²) in [6, 6.07) is 17.0. The fourth-order valence-corrected chi connectivity index (χ4v) is 3.15. The standard InChI is InChI=1S/C20H19FN4/c21-17-7-3-1-5-15(17)9-12-22-19-10-13-23-20(24-19)25-14-11-16-6-2-4-8-18(16)25/h1-8,10,13H,9,11-12,14H2,(H,22,23,24). The van der Waals surface area contributed by atoms with E-state index in [-0.39, 0.29) is 5.82 Å². The number of aromatic nitrogens is 2. The number of nitrogens with one attached hydrogen (secondary N) is 1. The molecule has 2 heterocycles. The van der Waals surface area contributed by atoms with E-state index >= 15 is 0 Å². The number of anilines is 3. The van der Waals surface area contributed by atoms with Crippen molar-refractivity contribution in [3.05, 3.63) is 77.7 Å². The molecule has 0 fully saturated rings. The smallest absolute Gasteiger partial charge is 0.231 e. The van der Waals surface area contributed by atoms with Crippen LogP contribution in [0.4, 0.5) is 21.8 Å². The summed E-state index contributed by atoms with van der Waals surface area (Å²) >= 11 is 0. The molecule has 1 aromatic heterocycles. The molecule has 126 valence electrons. The zero-order chi connectivity index (χ0) is 17.1. The lowest BCUT2D eigenvalue weighted by atomic mass is 10.1. The maximum atomic E-state index is 13.7. The van der Waals surface area contributed by atoms with E-state index in [0.717, 1.165) is 18.8 Å². The van der Waals surface area contributed by atoms with E-state index in [9.17, 15) is 4.39 Å². The molecule has 1 N–H and O–H groups in total. The van der Waals surface area contributed by atoms with Crippen LogP contribution in [0.3, 0.4) is 0 Å². The highest BCUT2D eigenvalue weighted by Gasteiger charge is 2.21. The van der Waals surface area contributed by atoms with Crippen molar-refractivity contribution in [2.45, 2.75) is 12.8 Å². The van der Waals surface area contributed by atoms with Crippen LogP contribution in [0, 0.1) is 5.82 Å². The molecule has 1 aliphatic heterocycles. The Morgan fingerprint density at radius 1 is 1.04 bits per heavy atom. The van der Waals surface area contributed by atoms with E-state index in [1.54, 1.807) is 12.3 Å². The summed E-state index contributed by atoms with van der Waals surface area (Å²) in [5.41, 5.74) is 3.20. The SMILES string of the molecule is Fc1ccccc1CCNc1ccnc(N2CCc3ccccc32)n1. The fourth-order valence-electron chi connectivity index (χ4n) is 3.15. The van der Waals surface area contributed by atoms with Gasteiger partial charge in [0.1, 0.15) is 11.6 Å². The predicted octanol–water partition coefficient (Wildman–Crippen LogP) is 3.96. The summed E-state index contributed by atoms with van der Waals surface area (Å²) in [7, 11) is 0. The summed E-state index contributed by atoms with van der Waals surface area (Å²) < 4.78 is 13.7. The van der Waals surface area contributed by atoms with Crippen molar-refractivity contribution in [1.29, 1.82) is 0 Å². The largest absolute Gasteiger partial charge is 0.370 e. The second-order valence-corrected chi connectivity index (χ2v) is 6.04. The van der Waals surface area contributed by atoms with Crippen molar-refractivity contribution in [3.8, 4) is 0 Å². The monoisotopic (exact) mass is 334 g/mol. The Morgan fingerprint density at radius 3 is 2.80 bits per heavy atom. The number of halogens is 1. The van der Waals surface area contributed by atoms with Crippen molar-refractivity contribution < 1.29 is 4.39 Å². The lowest BCUT2D eigenvalue weighted by molar-refractivity contribution is 0.610. The van der Waals surface area contributed by atoms with E-state index in [4.69, 9.17) is 0 Å². The first-order valence-electron chi connectivity index (χ1n) is 8.47. The number of rotatable bonds is 5. The minimum Gasteiger partial charge on any atom is -0.370 e. The third-order valence-electron chi connectivity index (χ3n) is 4.43. The average molecular weight is 334 g/mol. The highest BCUT2D eigenvalue weighted by atomic mass is 19.1. The van der Waals surface area contributed by atoms with Gasteiger partial charge in [-0.3, -0.25) is 0 Å². The van der Waals surface area contributed by atoms with E-state index in [2.05, 4.69) is 38.4 Å². The Balaban J connectivity index is 1.45. The molecule has 0 saturated heterocycles. The van der Waals surface area contributed by atoms with Crippen molar-refractivity contribution in [2.24, 2.45) is 0 Å². The maximum absolute atomic E-state index is 13.7. The van der Waals surface area contributed by atoms with Crippen molar-refractivity contribution >= 4 is 17.5 Å². The summed E-state index contributed by atoms with van der Waals surface area (Å²) in [5, 5.41) is 3.26. The average Bonchev–Trinajstić information content (AvgIpc) is 3.08. The molecule has 0 spiro atoms. The van der Waals surface area contributed by atoms with Crippen LogP contribution in [0.15, 0.2) is 60.8 Å². The third-order valence-corrected chi connectivity index (χ3v) is 4.43. The van der Waals surface area contributed by atoms with Gasteiger partial charge in [-0.05, 0) is 42.2 Å². The fraction of sp³-hybridized carbons (Fsp3) is 0.200. The van der Waals surface area contributed by atoms with Crippen LogP contribution in [-0.4, -0.2) is 23.1 Å². The number of nitrogens with zero attached hydrogens (tertiary/aromatic N) is 3. The van der Waals surface area contributed by atoms with Gasteiger partial charge in [-0.1, -0.05) is 36.4 Å². The van der Waals surface area contributed by atoms with Crippen LogP contribution in [-0.2, 0) is 12.8 Å². The van der Waals surface area contributed by atoms with Gasteiger partial charge in [0, 0.05) is 25.0 Å². The Labute approximate surface area is 146 Å². The molecule has 4 rings (SSSR count). The molecule has 0 radical (unpaired) electrons. The van der Waals surface area contributed by atoms with Gasteiger partial charge in [0.05, 0.1) is 0 Å². The Hall–Kier alpha value is -2.95. The zero-order valence-corrected chi connectivity index (χ0v) is 13.8. The predicted molar refractivity (Wildman–Crippen MR) is 97.8 cm³/mol. The van der Waals surface area contributed by atoms with Gasteiger partial charge < -0.3 is 10.2 Å². The van der Waals surface area contributed by atoms with Crippen LogP contribution < -0.4 is 10.2 Å². The number of para-hydroxylation sites is 1. The van der Waals surface area contributed by atoms with Gasteiger partial charge in [0.2, 0.25) is 5.95 Å². The molecule has 5 heteroatoms. The van der Waals surface area contributed by atoms with Crippen molar-refractivity contribution in [3.63, 3.8) is 0 Å². The number of hydrogen-bond donors (Lipinski definition) is 1. The van der Waals surface area contributed by atoms with E-state index < -0.39 is 0 Å². The normalized spacial score (nSPS) is 12.9. The van der Waals surface area contributed by atoms with Gasteiger partial charge in [0.25, 0.3) is 0 Å². The second kappa shape index (κ2) is 6.89. The van der Waals surface area contributed by atoms with Crippen LogP contribution in [0.1, 0.15) is 11.1 Å². The lowest BCUT2D eigenvalue weighted by Crippen LogP contribution is -2.17. The van der Waals surface area contributed by atoms with Gasteiger partial charge in [0.15, 0.2) is 0 Å². The molecule has 0 amide bonds. The van der Waals surface area contributed by atoms with E-state index in [0.29, 0.717) is 24.5 Å². The zero-order valence-electron chi connectivity index (χ0n) is 13.8. The van der Waals surface area contributed by atoms with Gasteiger partial charge in [-0.15, -0.1) is 0 Å². The molecule has 2 aromatic carbocycles. The van der Waals surface area contributed by atoms with Crippen molar-refractivity contribution in [2.75, 3.05) is 23.3 Å². The summed E-state index contributed by atoms with van der Waals surface area (Å²) in [5.74, 6) is 1.29. The maximum Gasteiger partial charge on any atom is 0.231 e. The quantitative estimate of drug-likeness (QED) is 0.767. The van der Waals surface area contributed by atoms with E-state index in [1.807, 2.05) is 24.3 Å². The number of benzene rings is 2. The molecular formula is C20H19FN4. The van der Waals surface area contributed by atoms with Gasteiger partial charge in [-0.25, -0.2) is 9.37 Å². The highest BCUT2D eigenvalue weighted by molar-refractivity contribution is 5.66. The molecular weight excluding hydrogens is 315 g/mol. The number of fused-ring (bicyclic) bond motifs is 1. The Morgan fingerprint density at radius 2 is 1.88 bits per heavy atom. The minimum absolute atomic E-state index is 0.165. The summed E-state index contributed by atoms with van der Waals surface area (Å²) in [4.78, 5) is 11.2. The third kappa shape index (κ3) is 3.31. The molecule has 0 atom stereocenters. The van der Waals surface area contributed by atoms with Crippen LogP contribution in [0.5, 0.6) is 0 Å². The van der Waals surface area contributed by atoms with Crippen LogP contribution in [0.25, 0.3) is 0 Å². The first-order chi connectivity index (χ1) is 12.3. The Bertz CT molecular complexity index is 881. The number of hydrogen-bond acceptors (Lipinski definition) is 4. The molecule has 3 aromatic rings. The second-order valence-electron chi connectivity index (χ2n) is 6.04. The Kier molecular flexibility index (Phi) is 4.29. The van der Waals surface area contributed by atoms with Crippen molar-refractivity contribution in [1.82, 2.24) is 9.97 Å². The topological polar surface area (TPSA) is 41.1 Å². The molecule has 1 aliphatic rings. The minimum atomic E-state index is -0.165. The van der Waals surface area contributed by atoms with E-state index in [1.165, 1.54) is 17.3 Å². The molecule has 0 saturated carbocycles. The molecule has 4 nitrogen and oxygen atoms in total. The van der Waals surface area contributed by atoms with Crippen LogP contribution >= 0.6 is 0 Å².